The van der Waals surface area contributed by atoms with Crippen LogP contribution in [0.15, 0.2) is 76.5 Å². The van der Waals surface area contributed by atoms with Crippen LogP contribution in [-0.4, -0.2) is 30.6 Å². The highest BCUT2D eigenvalue weighted by atomic mass is 35.5. The Morgan fingerprint density at radius 1 is 0.781 bits per heavy atom. The Morgan fingerprint density at radius 2 is 1.28 bits per heavy atom. The van der Waals surface area contributed by atoms with Crippen LogP contribution in [0, 0.1) is 0 Å². The Labute approximate surface area is 192 Å². The van der Waals surface area contributed by atoms with Gasteiger partial charge in [-0.15, -0.1) is 0 Å². The Kier molecular flexibility index (Phi) is 7.17. The lowest BCUT2D eigenvalue weighted by Crippen LogP contribution is -2.14. The van der Waals surface area contributed by atoms with E-state index in [0.717, 1.165) is 0 Å². The number of ether oxygens (including phenoxy) is 2. The molecule has 0 amide bonds. The summed E-state index contributed by atoms with van der Waals surface area (Å²) in [5.74, 6) is 0.977. The summed E-state index contributed by atoms with van der Waals surface area (Å²) >= 11 is 6.00. The number of benzene rings is 3. The van der Waals surface area contributed by atoms with Gasteiger partial charge in [-0.05, 0) is 73.7 Å². The van der Waals surface area contributed by atoms with Gasteiger partial charge in [-0.1, -0.05) is 11.6 Å². The first-order valence-corrected chi connectivity index (χ1v) is 12.7. The van der Waals surface area contributed by atoms with Crippen LogP contribution < -0.4 is 18.9 Å². The van der Waals surface area contributed by atoms with Crippen LogP contribution >= 0.6 is 11.6 Å². The predicted octanol–water partition coefficient (Wildman–Crippen LogP) is 4.35. The summed E-state index contributed by atoms with van der Waals surface area (Å²) in [6.45, 7) is 2.36. The molecule has 11 heteroatoms. The Bertz CT molecular complexity index is 1290. The third-order valence-corrected chi connectivity index (χ3v) is 7.34. The molecule has 2 N–H and O–H groups in total. The molecule has 0 aromatic heterocycles. The van der Waals surface area contributed by atoms with Gasteiger partial charge in [-0.3, -0.25) is 9.44 Å². The summed E-state index contributed by atoms with van der Waals surface area (Å²) < 4.78 is 65.6. The fourth-order valence-corrected chi connectivity index (χ4v) is 5.20. The lowest BCUT2D eigenvalue weighted by Gasteiger charge is -2.12. The van der Waals surface area contributed by atoms with Crippen LogP contribution in [0.25, 0.3) is 0 Å². The van der Waals surface area contributed by atoms with E-state index >= 15 is 0 Å². The van der Waals surface area contributed by atoms with Gasteiger partial charge in [0.05, 0.1) is 28.5 Å². The molecule has 170 valence electrons. The number of methoxy groups -OCH3 is 1. The second kappa shape index (κ2) is 9.68. The minimum Gasteiger partial charge on any atom is -0.495 e. The molecule has 0 fully saturated rings. The molecular formula is C21H21ClN2O6S2. The lowest BCUT2D eigenvalue weighted by atomic mass is 10.3. The number of halogens is 1. The maximum absolute atomic E-state index is 12.6. The first-order valence-electron chi connectivity index (χ1n) is 9.37. The monoisotopic (exact) mass is 496 g/mol. The van der Waals surface area contributed by atoms with E-state index in [2.05, 4.69) is 9.44 Å². The normalized spacial score (nSPS) is 11.6. The molecular weight excluding hydrogens is 476 g/mol. The first kappa shape index (κ1) is 23.7. The van der Waals surface area contributed by atoms with Crippen LogP contribution in [0.5, 0.6) is 11.5 Å². The largest absolute Gasteiger partial charge is 0.495 e. The molecule has 0 aliphatic carbocycles. The fraction of sp³-hybridized carbons (Fsp3) is 0.143. The molecule has 3 aromatic carbocycles. The smallest absolute Gasteiger partial charge is 0.261 e. The topological polar surface area (TPSA) is 111 Å². The highest BCUT2D eigenvalue weighted by Crippen LogP contribution is 2.28. The van der Waals surface area contributed by atoms with E-state index < -0.39 is 20.0 Å². The van der Waals surface area contributed by atoms with Crippen LogP contribution in [0.4, 0.5) is 11.4 Å². The second-order valence-electron chi connectivity index (χ2n) is 6.49. The van der Waals surface area contributed by atoms with Crippen molar-refractivity contribution in [3.05, 3.63) is 71.8 Å². The number of sulfonamides is 2. The average molecular weight is 497 g/mol. The van der Waals surface area contributed by atoms with E-state index in [9.17, 15) is 16.8 Å². The zero-order valence-corrected chi connectivity index (χ0v) is 19.6. The molecule has 0 saturated heterocycles. The van der Waals surface area contributed by atoms with E-state index in [1.54, 1.807) is 24.3 Å². The van der Waals surface area contributed by atoms with Crippen molar-refractivity contribution < 1.29 is 26.3 Å². The van der Waals surface area contributed by atoms with Crippen molar-refractivity contribution >= 4 is 43.0 Å². The number of anilines is 2. The van der Waals surface area contributed by atoms with Crippen molar-refractivity contribution in [2.24, 2.45) is 0 Å². The van der Waals surface area contributed by atoms with E-state index in [1.807, 2.05) is 6.92 Å². The fourth-order valence-electron chi connectivity index (χ4n) is 2.73. The van der Waals surface area contributed by atoms with Crippen molar-refractivity contribution in [1.29, 1.82) is 0 Å². The maximum Gasteiger partial charge on any atom is 0.261 e. The lowest BCUT2D eigenvalue weighted by molar-refractivity contribution is 0.340. The van der Waals surface area contributed by atoms with Gasteiger partial charge in [0.15, 0.2) is 0 Å². The molecule has 0 aliphatic rings. The standard InChI is InChI=1S/C21H21ClN2O6S2/c1-3-30-17-8-4-15(5-9-17)23-31(25,26)18-10-6-16(7-11-18)24-32(27,28)19-12-13-21(29-2)20(22)14-19/h4-14,23-24H,3H2,1-2H3. The van der Waals surface area contributed by atoms with E-state index in [1.165, 1.54) is 49.6 Å². The van der Waals surface area contributed by atoms with Crippen LogP contribution in [0.1, 0.15) is 6.92 Å². The molecule has 3 rings (SSSR count). The molecule has 0 radical (unpaired) electrons. The molecule has 8 nitrogen and oxygen atoms in total. The van der Waals surface area contributed by atoms with Gasteiger partial charge in [0.1, 0.15) is 11.5 Å². The Hall–Kier alpha value is -2.95. The Balaban J connectivity index is 1.74. The van der Waals surface area contributed by atoms with Crippen molar-refractivity contribution in [3.8, 4) is 11.5 Å². The number of nitrogens with one attached hydrogen (secondary N) is 2. The van der Waals surface area contributed by atoms with Gasteiger partial charge in [0.2, 0.25) is 0 Å². The summed E-state index contributed by atoms with van der Waals surface area (Å²) in [6, 6.07) is 15.9. The first-order chi connectivity index (χ1) is 15.1. The summed E-state index contributed by atoms with van der Waals surface area (Å²) in [6.07, 6.45) is 0. The van der Waals surface area contributed by atoms with Crippen LogP contribution in [-0.2, 0) is 20.0 Å². The molecule has 0 bridgehead atoms. The highest BCUT2D eigenvalue weighted by molar-refractivity contribution is 7.93. The van der Waals surface area contributed by atoms with Crippen LogP contribution in [0.3, 0.4) is 0 Å². The minimum absolute atomic E-state index is 0.0261. The second-order valence-corrected chi connectivity index (χ2v) is 10.3. The molecule has 0 saturated carbocycles. The number of rotatable bonds is 9. The predicted molar refractivity (Wildman–Crippen MR) is 124 cm³/mol. The van der Waals surface area contributed by atoms with Crippen molar-refractivity contribution in [2.75, 3.05) is 23.2 Å². The minimum atomic E-state index is -3.93. The quantitative estimate of drug-likeness (QED) is 0.455. The van der Waals surface area contributed by atoms with Crippen molar-refractivity contribution in [3.63, 3.8) is 0 Å². The van der Waals surface area contributed by atoms with E-state index in [-0.39, 0.29) is 20.5 Å². The molecule has 0 aliphatic heterocycles. The van der Waals surface area contributed by atoms with Gasteiger partial charge >= 0.3 is 0 Å². The van der Waals surface area contributed by atoms with Gasteiger partial charge in [0.25, 0.3) is 20.0 Å². The highest BCUT2D eigenvalue weighted by Gasteiger charge is 2.18. The van der Waals surface area contributed by atoms with Crippen LogP contribution in [0.2, 0.25) is 5.02 Å². The molecule has 0 unspecified atom stereocenters. The molecule has 32 heavy (non-hydrogen) atoms. The maximum atomic E-state index is 12.6. The van der Waals surface area contributed by atoms with Gasteiger partial charge < -0.3 is 9.47 Å². The number of hydrogen-bond acceptors (Lipinski definition) is 6. The third kappa shape index (κ3) is 5.64. The van der Waals surface area contributed by atoms with E-state index in [0.29, 0.717) is 23.8 Å². The zero-order valence-electron chi connectivity index (χ0n) is 17.2. The molecule has 3 aromatic rings. The van der Waals surface area contributed by atoms with Gasteiger partial charge in [0, 0.05) is 11.4 Å². The summed E-state index contributed by atoms with van der Waals surface area (Å²) in [5, 5.41) is 0.150. The average Bonchev–Trinajstić information content (AvgIpc) is 2.75. The summed E-state index contributed by atoms with van der Waals surface area (Å²) in [7, 11) is -6.37. The molecule has 0 atom stereocenters. The van der Waals surface area contributed by atoms with E-state index in [4.69, 9.17) is 21.1 Å². The third-order valence-electron chi connectivity index (χ3n) is 4.27. The van der Waals surface area contributed by atoms with Gasteiger partial charge in [-0.25, -0.2) is 16.8 Å². The number of hydrogen-bond donors (Lipinski definition) is 2. The summed E-state index contributed by atoms with van der Waals surface area (Å²) in [5.41, 5.74) is 0.562. The SMILES string of the molecule is CCOc1ccc(NS(=O)(=O)c2ccc(NS(=O)(=O)c3ccc(OC)c(Cl)c3)cc2)cc1. The van der Waals surface area contributed by atoms with Crippen molar-refractivity contribution in [2.45, 2.75) is 16.7 Å². The van der Waals surface area contributed by atoms with Gasteiger partial charge in [-0.2, -0.15) is 0 Å². The Morgan fingerprint density at radius 3 is 1.78 bits per heavy atom. The summed E-state index contributed by atoms with van der Waals surface area (Å²) in [4.78, 5) is -0.0843. The molecule has 0 spiro atoms. The molecule has 0 heterocycles. The zero-order chi connectivity index (χ0) is 23.4. The van der Waals surface area contributed by atoms with Crippen molar-refractivity contribution in [1.82, 2.24) is 0 Å².